The molecule has 25 heavy (non-hydrogen) atoms. The second-order valence-corrected chi connectivity index (χ2v) is 6.71. The molecule has 2 aromatic rings. The fourth-order valence-corrected chi connectivity index (χ4v) is 2.85. The first-order valence-electron chi connectivity index (χ1n) is 8.52. The van der Waals surface area contributed by atoms with Gasteiger partial charge >= 0.3 is 5.97 Å². The van der Waals surface area contributed by atoms with Crippen LogP contribution in [0.4, 0.5) is 5.82 Å². The number of nitrogens with zero attached hydrogens (tertiary/aromatic N) is 3. The van der Waals surface area contributed by atoms with Crippen LogP contribution < -0.4 is 4.90 Å². The van der Waals surface area contributed by atoms with E-state index >= 15 is 0 Å². The van der Waals surface area contributed by atoms with Crippen LogP contribution in [0.25, 0.3) is 11.4 Å². The molecule has 0 radical (unpaired) electrons. The number of carboxylic acids is 1. The summed E-state index contributed by atoms with van der Waals surface area (Å²) in [5.74, 6) is 0.308. The highest BCUT2D eigenvalue weighted by Crippen LogP contribution is 2.27. The summed E-state index contributed by atoms with van der Waals surface area (Å²) in [4.78, 5) is 23.1. The molecule has 134 valence electrons. The summed E-state index contributed by atoms with van der Waals surface area (Å²) in [5.41, 5.74) is 1.60. The lowest BCUT2D eigenvalue weighted by molar-refractivity contribution is 0.0695. The van der Waals surface area contributed by atoms with Crippen LogP contribution in [-0.2, 0) is 6.42 Å². The Balaban J connectivity index is 2.71. The summed E-state index contributed by atoms with van der Waals surface area (Å²) in [5, 5.41) is 10.4. The third kappa shape index (κ3) is 4.48. The van der Waals surface area contributed by atoms with Gasteiger partial charge in [0.15, 0.2) is 5.82 Å². The lowest BCUT2D eigenvalue weighted by Crippen LogP contribution is -2.27. The van der Waals surface area contributed by atoms with Gasteiger partial charge in [-0.25, -0.2) is 14.8 Å². The van der Waals surface area contributed by atoms with Crippen molar-refractivity contribution in [3.8, 4) is 11.4 Å². The van der Waals surface area contributed by atoms with Crippen LogP contribution in [0.2, 0.25) is 5.02 Å². The highest BCUT2D eigenvalue weighted by molar-refractivity contribution is 6.30. The largest absolute Gasteiger partial charge is 0.477 e. The first-order chi connectivity index (χ1) is 11.9. The first-order valence-corrected chi connectivity index (χ1v) is 8.90. The van der Waals surface area contributed by atoms with Crippen molar-refractivity contribution in [1.82, 2.24) is 9.97 Å². The maximum absolute atomic E-state index is 11.9. The minimum Gasteiger partial charge on any atom is -0.477 e. The van der Waals surface area contributed by atoms with E-state index in [1.54, 1.807) is 12.1 Å². The Morgan fingerprint density at radius 2 is 1.76 bits per heavy atom. The molecule has 1 N–H and O–H groups in total. The minimum atomic E-state index is -0.986. The zero-order valence-corrected chi connectivity index (χ0v) is 15.8. The number of rotatable bonds is 7. The van der Waals surface area contributed by atoms with Crippen LogP contribution in [-0.4, -0.2) is 34.1 Å². The number of aromatic carboxylic acids is 1. The average Bonchev–Trinajstić information content (AvgIpc) is 2.55. The lowest BCUT2D eigenvalue weighted by Gasteiger charge is -2.24. The van der Waals surface area contributed by atoms with E-state index in [0.29, 0.717) is 41.9 Å². The zero-order chi connectivity index (χ0) is 18.6. The van der Waals surface area contributed by atoms with E-state index < -0.39 is 5.97 Å². The second kappa shape index (κ2) is 8.30. The van der Waals surface area contributed by atoms with E-state index in [4.69, 9.17) is 11.6 Å². The molecule has 5 nitrogen and oxygen atoms in total. The topological polar surface area (TPSA) is 66.3 Å². The van der Waals surface area contributed by atoms with Crippen LogP contribution in [0.1, 0.15) is 43.7 Å². The summed E-state index contributed by atoms with van der Waals surface area (Å²) in [6.07, 6.45) is 0.582. The van der Waals surface area contributed by atoms with Gasteiger partial charge in [-0.3, -0.25) is 0 Å². The number of aromatic nitrogens is 2. The van der Waals surface area contributed by atoms with Crippen molar-refractivity contribution in [3.63, 3.8) is 0 Å². The molecule has 0 unspecified atom stereocenters. The van der Waals surface area contributed by atoms with Crippen LogP contribution in [0.15, 0.2) is 24.3 Å². The Hall–Kier alpha value is -2.14. The molecule has 0 saturated carbocycles. The number of carbonyl (C=O) groups is 1. The van der Waals surface area contributed by atoms with Gasteiger partial charge in [0.1, 0.15) is 11.4 Å². The molecular formula is C19H24ClN3O2. The fraction of sp³-hybridized carbons (Fsp3) is 0.421. The van der Waals surface area contributed by atoms with Crippen molar-refractivity contribution in [2.45, 2.75) is 34.1 Å². The molecule has 1 aromatic carbocycles. The fourth-order valence-electron chi connectivity index (χ4n) is 2.73. The van der Waals surface area contributed by atoms with Gasteiger partial charge in [-0.05, 0) is 50.5 Å². The van der Waals surface area contributed by atoms with E-state index in [-0.39, 0.29) is 11.5 Å². The Morgan fingerprint density at radius 3 is 2.24 bits per heavy atom. The smallest absolute Gasteiger partial charge is 0.341 e. The summed E-state index contributed by atoms with van der Waals surface area (Å²) in [6.45, 7) is 9.42. The van der Waals surface area contributed by atoms with Crippen molar-refractivity contribution in [2.75, 3.05) is 18.0 Å². The monoisotopic (exact) mass is 361 g/mol. The molecular weight excluding hydrogens is 338 g/mol. The minimum absolute atomic E-state index is 0.204. The summed E-state index contributed by atoms with van der Waals surface area (Å²) in [6, 6.07) is 7.27. The maximum Gasteiger partial charge on any atom is 0.341 e. The molecule has 2 rings (SSSR count). The summed E-state index contributed by atoms with van der Waals surface area (Å²) in [7, 11) is 0. The van der Waals surface area contributed by atoms with Crippen LogP contribution >= 0.6 is 11.6 Å². The number of anilines is 1. The second-order valence-electron chi connectivity index (χ2n) is 6.27. The van der Waals surface area contributed by atoms with E-state index in [1.807, 2.05) is 44.7 Å². The molecule has 0 aliphatic carbocycles. The Labute approximate surface area is 153 Å². The van der Waals surface area contributed by atoms with Crippen molar-refractivity contribution in [2.24, 2.45) is 5.92 Å². The van der Waals surface area contributed by atoms with Gasteiger partial charge in [-0.1, -0.05) is 25.4 Å². The van der Waals surface area contributed by atoms with E-state index in [9.17, 15) is 9.90 Å². The first kappa shape index (κ1) is 19.2. The number of hydrogen-bond donors (Lipinski definition) is 1. The molecule has 0 atom stereocenters. The normalized spacial score (nSPS) is 11.0. The van der Waals surface area contributed by atoms with Gasteiger partial charge in [0, 0.05) is 23.7 Å². The molecule has 0 fully saturated rings. The predicted octanol–water partition coefficient (Wildman–Crippen LogP) is 4.54. The Morgan fingerprint density at radius 1 is 1.16 bits per heavy atom. The highest BCUT2D eigenvalue weighted by Gasteiger charge is 2.24. The van der Waals surface area contributed by atoms with Crippen molar-refractivity contribution < 1.29 is 9.90 Å². The Kier molecular flexibility index (Phi) is 6.37. The van der Waals surface area contributed by atoms with E-state index in [2.05, 4.69) is 9.97 Å². The molecule has 0 spiro atoms. The third-order valence-electron chi connectivity index (χ3n) is 3.95. The number of carboxylic acid groups (broad SMARTS) is 1. The van der Waals surface area contributed by atoms with Crippen LogP contribution in [0, 0.1) is 5.92 Å². The van der Waals surface area contributed by atoms with Gasteiger partial charge in [0.05, 0.1) is 5.69 Å². The lowest BCUT2D eigenvalue weighted by atomic mass is 10.0. The van der Waals surface area contributed by atoms with Gasteiger partial charge in [-0.2, -0.15) is 0 Å². The van der Waals surface area contributed by atoms with Gasteiger partial charge in [0.25, 0.3) is 0 Å². The van der Waals surface area contributed by atoms with Crippen LogP contribution in [0.3, 0.4) is 0 Å². The molecule has 0 amide bonds. The predicted molar refractivity (Wildman–Crippen MR) is 102 cm³/mol. The molecule has 1 heterocycles. The van der Waals surface area contributed by atoms with E-state index in [0.717, 1.165) is 5.56 Å². The van der Waals surface area contributed by atoms with Crippen molar-refractivity contribution in [1.29, 1.82) is 0 Å². The van der Waals surface area contributed by atoms with Gasteiger partial charge in [-0.15, -0.1) is 0 Å². The molecule has 0 bridgehead atoms. The standard InChI is InChI=1S/C19H24ClN3O2/c1-5-23(6-2)18-16(19(24)25)15(11-12(3)4)21-17(22-18)13-7-9-14(20)10-8-13/h7-10,12H,5-6,11H2,1-4H3,(H,24,25). The summed E-state index contributed by atoms with van der Waals surface area (Å²) < 4.78 is 0. The highest BCUT2D eigenvalue weighted by atomic mass is 35.5. The van der Waals surface area contributed by atoms with Crippen LogP contribution in [0.5, 0.6) is 0 Å². The molecule has 0 aliphatic heterocycles. The van der Waals surface area contributed by atoms with Crippen molar-refractivity contribution >= 4 is 23.4 Å². The van der Waals surface area contributed by atoms with Gasteiger partial charge < -0.3 is 10.0 Å². The molecule has 6 heteroatoms. The van der Waals surface area contributed by atoms with Crippen molar-refractivity contribution in [3.05, 3.63) is 40.5 Å². The zero-order valence-electron chi connectivity index (χ0n) is 15.1. The summed E-state index contributed by atoms with van der Waals surface area (Å²) >= 11 is 5.97. The SMILES string of the molecule is CCN(CC)c1nc(-c2ccc(Cl)cc2)nc(CC(C)C)c1C(=O)O. The maximum atomic E-state index is 11.9. The van der Waals surface area contributed by atoms with E-state index in [1.165, 1.54) is 0 Å². The number of benzene rings is 1. The molecule has 0 aliphatic rings. The molecule has 1 aromatic heterocycles. The molecule has 0 saturated heterocycles. The number of halogens is 1. The quantitative estimate of drug-likeness (QED) is 0.784. The third-order valence-corrected chi connectivity index (χ3v) is 4.20. The Bertz CT molecular complexity index is 741. The number of hydrogen-bond acceptors (Lipinski definition) is 4. The van der Waals surface area contributed by atoms with Gasteiger partial charge in [0.2, 0.25) is 0 Å². The average molecular weight is 362 g/mol.